The first-order valence-electron chi connectivity index (χ1n) is 5.74. The second-order valence-electron chi connectivity index (χ2n) is 3.64. The van der Waals surface area contributed by atoms with Crippen molar-refractivity contribution in [1.82, 2.24) is 24.7 Å². The van der Waals surface area contributed by atoms with Crippen LogP contribution in [-0.2, 0) is 19.4 Å². The van der Waals surface area contributed by atoms with Crippen LogP contribution in [0.4, 0.5) is 0 Å². The molecule has 90 valence electrons. The molecule has 0 radical (unpaired) electrons. The Morgan fingerprint density at radius 3 is 2.65 bits per heavy atom. The fraction of sp³-hybridized carbons (Fsp3) is 0.455. The van der Waals surface area contributed by atoms with E-state index in [0.717, 1.165) is 30.2 Å². The zero-order valence-corrected chi connectivity index (χ0v) is 10.1. The topological polar surface area (TPSA) is 82.5 Å². The van der Waals surface area contributed by atoms with E-state index < -0.39 is 0 Å². The summed E-state index contributed by atoms with van der Waals surface area (Å²) in [5, 5.41) is 4.41. The third-order valence-electron chi connectivity index (χ3n) is 2.45. The summed E-state index contributed by atoms with van der Waals surface area (Å²) in [7, 11) is 0. The van der Waals surface area contributed by atoms with Gasteiger partial charge in [0.15, 0.2) is 11.6 Å². The van der Waals surface area contributed by atoms with Gasteiger partial charge in [-0.25, -0.2) is 9.97 Å². The summed E-state index contributed by atoms with van der Waals surface area (Å²) in [5.74, 6) is 2.39. The predicted molar refractivity (Wildman–Crippen MR) is 63.6 cm³/mol. The molecule has 2 aromatic rings. The van der Waals surface area contributed by atoms with Crippen LogP contribution in [-0.4, -0.2) is 24.7 Å². The fourth-order valence-corrected chi connectivity index (χ4v) is 1.55. The Kier molecular flexibility index (Phi) is 3.43. The van der Waals surface area contributed by atoms with Gasteiger partial charge >= 0.3 is 0 Å². The minimum absolute atomic E-state index is 0.373. The molecule has 6 nitrogen and oxygen atoms in total. The Morgan fingerprint density at radius 2 is 2.00 bits per heavy atom. The van der Waals surface area contributed by atoms with Gasteiger partial charge in [0, 0.05) is 25.6 Å². The lowest BCUT2D eigenvalue weighted by Gasteiger charge is -2.03. The van der Waals surface area contributed by atoms with Gasteiger partial charge in [0.2, 0.25) is 0 Å². The molecule has 2 N–H and O–H groups in total. The molecule has 0 atom stereocenters. The molecular weight excluding hydrogens is 216 g/mol. The molecule has 0 bridgehead atoms. The van der Waals surface area contributed by atoms with E-state index in [1.807, 2.05) is 13.8 Å². The van der Waals surface area contributed by atoms with Gasteiger partial charge in [-0.2, -0.15) is 4.68 Å². The van der Waals surface area contributed by atoms with Crippen molar-refractivity contribution in [2.24, 2.45) is 5.73 Å². The number of rotatable bonds is 4. The molecule has 0 fully saturated rings. The van der Waals surface area contributed by atoms with Gasteiger partial charge in [-0.3, -0.25) is 4.98 Å². The Balaban J connectivity index is 2.47. The monoisotopic (exact) mass is 232 g/mol. The minimum atomic E-state index is 0.373. The molecule has 0 aromatic carbocycles. The van der Waals surface area contributed by atoms with Crippen molar-refractivity contribution in [1.29, 1.82) is 0 Å². The van der Waals surface area contributed by atoms with Gasteiger partial charge in [-0.15, -0.1) is 5.10 Å². The maximum atomic E-state index is 5.55. The Bertz CT molecular complexity index is 504. The number of aryl methyl sites for hydroxylation is 2. The third-order valence-corrected chi connectivity index (χ3v) is 2.45. The SMILES string of the molecule is CCc1nc(CC)n(-c2cncc(CN)n2)n1. The summed E-state index contributed by atoms with van der Waals surface area (Å²) in [6, 6.07) is 0. The first-order valence-corrected chi connectivity index (χ1v) is 5.74. The standard InChI is InChI=1S/C11H16N6/c1-3-9-15-10(4-2)17(16-9)11-7-13-6-8(5-12)14-11/h6-7H,3-5,12H2,1-2H3. The third kappa shape index (κ3) is 2.31. The highest BCUT2D eigenvalue weighted by molar-refractivity contribution is 5.20. The molecule has 0 saturated heterocycles. The minimum Gasteiger partial charge on any atom is -0.325 e. The molecule has 2 aromatic heterocycles. The van der Waals surface area contributed by atoms with Crippen LogP contribution in [0.5, 0.6) is 0 Å². The van der Waals surface area contributed by atoms with Crippen LogP contribution < -0.4 is 5.73 Å². The van der Waals surface area contributed by atoms with Crippen molar-refractivity contribution < 1.29 is 0 Å². The van der Waals surface area contributed by atoms with E-state index in [1.165, 1.54) is 0 Å². The van der Waals surface area contributed by atoms with Crippen molar-refractivity contribution in [3.8, 4) is 5.82 Å². The van der Waals surface area contributed by atoms with Crippen LogP contribution in [0.1, 0.15) is 31.2 Å². The highest BCUT2D eigenvalue weighted by Crippen LogP contribution is 2.08. The molecule has 17 heavy (non-hydrogen) atoms. The van der Waals surface area contributed by atoms with E-state index in [0.29, 0.717) is 12.4 Å². The van der Waals surface area contributed by atoms with Crippen molar-refractivity contribution in [2.75, 3.05) is 0 Å². The molecule has 0 amide bonds. The lowest BCUT2D eigenvalue weighted by Crippen LogP contribution is -2.08. The molecule has 0 spiro atoms. The summed E-state index contributed by atoms with van der Waals surface area (Å²) in [4.78, 5) is 12.9. The number of nitrogens with two attached hydrogens (primary N) is 1. The smallest absolute Gasteiger partial charge is 0.174 e. The molecule has 0 aliphatic heterocycles. The summed E-state index contributed by atoms with van der Waals surface area (Å²) < 4.78 is 1.74. The van der Waals surface area contributed by atoms with E-state index in [-0.39, 0.29) is 0 Å². The van der Waals surface area contributed by atoms with Crippen LogP contribution in [0.2, 0.25) is 0 Å². The largest absolute Gasteiger partial charge is 0.325 e. The van der Waals surface area contributed by atoms with Gasteiger partial charge in [0.25, 0.3) is 0 Å². The lowest BCUT2D eigenvalue weighted by atomic mass is 10.4. The lowest BCUT2D eigenvalue weighted by molar-refractivity contribution is 0.754. The normalized spacial score (nSPS) is 10.8. The maximum absolute atomic E-state index is 5.55. The summed E-state index contributed by atoms with van der Waals surface area (Å²) in [6.07, 6.45) is 4.95. The number of hydrogen-bond acceptors (Lipinski definition) is 5. The van der Waals surface area contributed by atoms with Gasteiger partial charge in [-0.1, -0.05) is 13.8 Å². The molecule has 0 saturated carbocycles. The Morgan fingerprint density at radius 1 is 1.18 bits per heavy atom. The predicted octanol–water partition coefficient (Wildman–Crippen LogP) is 0.641. The van der Waals surface area contributed by atoms with Crippen LogP contribution in [0.25, 0.3) is 5.82 Å². The van der Waals surface area contributed by atoms with Crippen molar-refractivity contribution in [3.05, 3.63) is 29.7 Å². The van der Waals surface area contributed by atoms with E-state index in [2.05, 4.69) is 20.1 Å². The van der Waals surface area contributed by atoms with E-state index in [1.54, 1.807) is 17.1 Å². The van der Waals surface area contributed by atoms with E-state index in [4.69, 9.17) is 5.73 Å². The van der Waals surface area contributed by atoms with Crippen LogP contribution in [0.15, 0.2) is 12.4 Å². The van der Waals surface area contributed by atoms with E-state index >= 15 is 0 Å². The maximum Gasteiger partial charge on any atom is 0.174 e. The summed E-state index contributed by atoms with van der Waals surface area (Å²) in [5.41, 5.74) is 6.30. The van der Waals surface area contributed by atoms with Gasteiger partial charge in [0.1, 0.15) is 5.82 Å². The first-order chi connectivity index (χ1) is 8.28. The van der Waals surface area contributed by atoms with Gasteiger partial charge in [-0.05, 0) is 0 Å². The zero-order chi connectivity index (χ0) is 12.3. The summed E-state index contributed by atoms with van der Waals surface area (Å²) in [6.45, 7) is 4.44. The van der Waals surface area contributed by atoms with Gasteiger partial charge in [0.05, 0.1) is 11.9 Å². The molecule has 2 heterocycles. The molecule has 0 aliphatic rings. The van der Waals surface area contributed by atoms with E-state index in [9.17, 15) is 0 Å². The molecule has 6 heteroatoms. The molecular formula is C11H16N6. The number of aromatic nitrogens is 5. The Hall–Kier alpha value is -1.82. The fourth-order valence-electron chi connectivity index (χ4n) is 1.55. The van der Waals surface area contributed by atoms with Crippen LogP contribution in [0, 0.1) is 0 Å². The van der Waals surface area contributed by atoms with Crippen LogP contribution in [0.3, 0.4) is 0 Å². The van der Waals surface area contributed by atoms with Crippen molar-refractivity contribution >= 4 is 0 Å². The average molecular weight is 232 g/mol. The zero-order valence-electron chi connectivity index (χ0n) is 10.1. The second kappa shape index (κ2) is 5.01. The highest BCUT2D eigenvalue weighted by Gasteiger charge is 2.10. The number of nitrogens with zero attached hydrogens (tertiary/aromatic N) is 5. The number of hydrogen-bond donors (Lipinski definition) is 1. The summed E-state index contributed by atoms with van der Waals surface area (Å²) >= 11 is 0. The second-order valence-corrected chi connectivity index (χ2v) is 3.64. The molecule has 2 rings (SSSR count). The van der Waals surface area contributed by atoms with Crippen molar-refractivity contribution in [2.45, 2.75) is 33.2 Å². The van der Waals surface area contributed by atoms with Crippen LogP contribution >= 0.6 is 0 Å². The van der Waals surface area contributed by atoms with Gasteiger partial charge < -0.3 is 5.73 Å². The first kappa shape index (κ1) is 11.7. The highest BCUT2D eigenvalue weighted by atomic mass is 15.4. The Labute approximate surface area is 99.9 Å². The molecule has 0 aliphatic carbocycles. The molecule has 0 unspecified atom stereocenters. The quantitative estimate of drug-likeness (QED) is 0.836. The average Bonchev–Trinajstić information content (AvgIpc) is 2.82. The van der Waals surface area contributed by atoms with Crippen molar-refractivity contribution in [3.63, 3.8) is 0 Å².